The Morgan fingerprint density at radius 2 is 2.07 bits per heavy atom. The molecule has 0 radical (unpaired) electrons. The molecule has 1 atom stereocenters. The van der Waals surface area contributed by atoms with Gasteiger partial charge in [0, 0.05) is 5.39 Å². The van der Waals surface area contributed by atoms with E-state index >= 15 is 0 Å². The first kappa shape index (κ1) is 16.7. The predicted octanol–water partition coefficient (Wildman–Crippen LogP) is 3.14. The number of pyridine rings is 1. The lowest BCUT2D eigenvalue weighted by Crippen LogP contribution is -2.27. The van der Waals surface area contributed by atoms with Crippen molar-refractivity contribution in [2.75, 3.05) is 6.61 Å². The van der Waals surface area contributed by atoms with Crippen LogP contribution in [0.1, 0.15) is 24.0 Å². The minimum absolute atomic E-state index is 0.00701. The summed E-state index contributed by atoms with van der Waals surface area (Å²) < 4.78 is 11.3. The Morgan fingerprint density at radius 1 is 1.26 bits per heavy atom. The van der Waals surface area contributed by atoms with Crippen LogP contribution in [0.15, 0.2) is 64.8 Å². The number of allylic oxidation sites excluding steroid dienone is 1. The molecule has 3 aromatic rings. The van der Waals surface area contributed by atoms with E-state index in [-0.39, 0.29) is 17.0 Å². The van der Waals surface area contributed by atoms with E-state index in [4.69, 9.17) is 15.2 Å². The second-order valence-electron chi connectivity index (χ2n) is 6.17. The van der Waals surface area contributed by atoms with E-state index in [2.05, 4.69) is 11.1 Å². The Balaban J connectivity index is 2.02. The third kappa shape index (κ3) is 2.70. The maximum absolute atomic E-state index is 12.9. The SMILES string of the molecule is CCOc1cccc([C@@H]2C(C#N)=C(N)Oc3c2c(=O)[nH]c2ccccc32)c1. The summed E-state index contributed by atoms with van der Waals surface area (Å²) in [4.78, 5) is 15.8. The van der Waals surface area contributed by atoms with Gasteiger partial charge in [0.05, 0.1) is 23.6 Å². The molecule has 0 amide bonds. The molecule has 27 heavy (non-hydrogen) atoms. The number of ether oxygens (including phenoxy) is 2. The number of aromatic nitrogens is 1. The van der Waals surface area contributed by atoms with Gasteiger partial charge in [0.25, 0.3) is 5.56 Å². The van der Waals surface area contributed by atoms with Gasteiger partial charge in [-0.3, -0.25) is 4.79 Å². The third-order valence-electron chi connectivity index (χ3n) is 4.59. The lowest BCUT2D eigenvalue weighted by atomic mass is 9.83. The van der Waals surface area contributed by atoms with E-state index in [0.29, 0.717) is 29.2 Å². The van der Waals surface area contributed by atoms with Crippen LogP contribution in [0.4, 0.5) is 0 Å². The van der Waals surface area contributed by atoms with Crippen molar-refractivity contribution in [3.05, 3.63) is 81.5 Å². The van der Waals surface area contributed by atoms with Gasteiger partial charge < -0.3 is 20.2 Å². The van der Waals surface area contributed by atoms with E-state index in [1.807, 2.05) is 49.4 Å². The Morgan fingerprint density at radius 3 is 2.85 bits per heavy atom. The Labute approximate surface area is 155 Å². The molecule has 1 aliphatic heterocycles. The number of hydrogen-bond donors (Lipinski definition) is 2. The van der Waals surface area contributed by atoms with Crippen LogP contribution in [0.25, 0.3) is 10.9 Å². The van der Waals surface area contributed by atoms with Crippen molar-refractivity contribution >= 4 is 10.9 Å². The van der Waals surface area contributed by atoms with Crippen molar-refractivity contribution in [1.82, 2.24) is 4.98 Å². The highest BCUT2D eigenvalue weighted by molar-refractivity contribution is 5.87. The molecule has 0 fully saturated rings. The van der Waals surface area contributed by atoms with Gasteiger partial charge in [0.2, 0.25) is 5.88 Å². The van der Waals surface area contributed by atoms with Gasteiger partial charge in [0.15, 0.2) is 0 Å². The predicted molar refractivity (Wildman–Crippen MR) is 101 cm³/mol. The molecule has 0 saturated carbocycles. The number of H-pyrrole nitrogens is 1. The Hall–Kier alpha value is -3.72. The molecular formula is C21H17N3O3. The van der Waals surface area contributed by atoms with Crippen LogP contribution in [-0.2, 0) is 0 Å². The number of benzene rings is 2. The molecule has 0 unspecified atom stereocenters. The number of fused-ring (bicyclic) bond motifs is 3. The molecule has 0 saturated heterocycles. The van der Waals surface area contributed by atoms with Gasteiger partial charge in [-0.1, -0.05) is 24.3 Å². The van der Waals surface area contributed by atoms with Crippen LogP contribution < -0.4 is 20.8 Å². The first-order valence-electron chi connectivity index (χ1n) is 8.59. The average Bonchev–Trinajstić information content (AvgIpc) is 2.67. The standard InChI is InChI=1S/C21H17N3O3/c1-2-26-13-7-5-6-12(10-13)17-15(11-22)20(23)27-19-14-8-3-4-9-16(14)24-21(25)18(17)19/h3-10,17H,2,23H2,1H3,(H,24,25)/t17-/m1/s1. The number of aromatic amines is 1. The maximum Gasteiger partial charge on any atom is 0.256 e. The van der Waals surface area contributed by atoms with Crippen LogP contribution in [0.5, 0.6) is 11.5 Å². The van der Waals surface area contributed by atoms with Crippen LogP contribution in [0.2, 0.25) is 0 Å². The van der Waals surface area contributed by atoms with Crippen LogP contribution >= 0.6 is 0 Å². The fraction of sp³-hybridized carbons (Fsp3) is 0.143. The minimum atomic E-state index is -0.632. The summed E-state index contributed by atoms with van der Waals surface area (Å²) in [6.07, 6.45) is 0. The highest BCUT2D eigenvalue weighted by atomic mass is 16.5. The molecule has 0 bridgehead atoms. The summed E-state index contributed by atoms with van der Waals surface area (Å²) in [5.74, 6) is 0.425. The fourth-order valence-electron chi connectivity index (χ4n) is 3.46. The number of hydrogen-bond acceptors (Lipinski definition) is 5. The summed E-state index contributed by atoms with van der Waals surface area (Å²) in [5.41, 5.74) is 7.72. The van der Waals surface area contributed by atoms with Crippen molar-refractivity contribution in [2.45, 2.75) is 12.8 Å². The highest BCUT2D eigenvalue weighted by Gasteiger charge is 2.34. The lowest BCUT2D eigenvalue weighted by Gasteiger charge is -2.26. The zero-order valence-electron chi connectivity index (χ0n) is 14.7. The zero-order chi connectivity index (χ0) is 19.0. The van der Waals surface area contributed by atoms with Crippen LogP contribution in [0, 0.1) is 11.3 Å². The number of para-hydroxylation sites is 1. The first-order valence-corrected chi connectivity index (χ1v) is 8.59. The van der Waals surface area contributed by atoms with Gasteiger partial charge in [-0.25, -0.2) is 0 Å². The van der Waals surface area contributed by atoms with E-state index in [0.717, 1.165) is 10.9 Å². The first-order chi connectivity index (χ1) is 13.1. The van der Waals surface area contributed by atoms with Gasteiger partial charge in [0.1, 0.15) is 23.1 Å². The van der Waals surface area contributed by atoms with Gasteiger partial charge in [-0.2, -0.15) is 5.26 Å². The minimum Gasteiger partial charge on any atom is -0.494 e. The largest absolute Gasteiger partial charge is 0.494 e. The molecule has 1 aliphatic rings. The van der Waals surface area contributed by atoms with Crippen molar-refractivity contribution in [1.29, 1.82) is 5.26 Å². The number of nitrogens with one attached hydrogen (secondary N) is 1. The normalized spacial score (nSPS) is 15.8. The molecule has 1 aromatic heterocycles. The molecule has 6 nitrogen and oxygen atoms in total. The number of nitrogens with zero attached hydrogens (tertiary/aromatic N) is 1. The van der Waals surface area contributed by atoms with Crippen molar-refractivity contribution in [3.8, 4) is 17.6 Å². The summed E-state index contributed by atoms with van der Waals surface area (Å²) in [6, 6.07) is 16.8. The molecule has 0 spiro atoms. The topological polar surface area (TPSA) is 101 Å². The molecule has 2 heterocycles. The van der Waals surface area contributed by atoms with Gasteiger partial charge in [-0.15, -0.1) is 0 Å². The van der Waals surface area contributed by atoms with E-state index in [9.17, 15) is 10.1 Å². The number of nitrogens with two attached hydrogens (primary N) is 1. The molecule has 0 aliphatic carbocycles. The van der Waals surface area contributed by atoms with Crippen LogP contribution in [-0.4, -0.2) is 11.6 Å². The Kier molecular flexibility index (Phi) is 4.05. The smallest absolute Gasteiger partial charge is 0.256 e. The lowest BCUT2D eigenvalue weighted by molar-refractivity contribution is 0.339. The zero-order valence-corrected chi connectivity index (χ0v) is 14.7. The van der Waals surface area contributed by atoms with E-state index < -0.39 is 5.92 Å². The molecule has 2 aromatic carbocycles. The number of rotatable bonds is 3. The number of nitriles is 1. The van der Waals surface area contributed by atoms with Gasteiger partial charge in [-0.05, 0) is 36.8 Å². The maximum atomic E-state index is 12.9. The molecule has 6 heteroatoms. The molecule has 134 valence electrons. The third-order valence-corrected chi connectivity index (χ3v) is 4.59. The molecule has 3 N–H and O–H groups in total. The van der Waals surface area contributed by atoms with E-state index in [1.54, 1.807) is 6.07 Å². The fourth-order valence-corrected chi connectivity index (χ4v) is 3.46. The van der Waals surface area contributed by atoms with Crippen molar-refractivity contribution in [3.63, 3.8) is 0 Å². The summed E-state index contributed by atoms with van der Waals surface area (Å²) in [7, 11) is 0. The Bertz CT molecular complexity index is 1170. The summed E-state index contributed by atoms with van der Waals surface area (Å²) in [5, 5.41) is 10.4. The van der Waals surface area contributed by atoms with Crippen molar-refractivity contribution < 1.29 is 9.47 Å². The summed E-state index contributed by atoms with van der Waals surface area (Å²) >= 11 is 0. The van der Waals surface area contributed by atoms with E-state index in [1.165, 1.54) is 0 Å². The quantitative estimate of drug-likeness (QED) is 0.748. The summed E-state index contributed by atoms with van der Waals surface area (Å²) in [6.45, 7) is 2.41. The average molecular weight is 359 g/mol. The second-order valence-corrected chi connectivity index (χ2v) is 6.17. The van der Waals surface area contributed by atoms with Gasteiger partial charge >= 0.3 is 0 Å². The molecular weight excluding hydrogens is 342 g/mol. The second kappa shape index (κ2) is 6.54. The monoisotopic (exact) mass is 359 g/mol. The van der Waals surface area contributed by atoms with Crippen LogP contribution in [0.3, 0.4) is 0 Å². The molecule has 4 rings (SSSR count). The highest BCUT2D eigenvalue weighted by Crippen LogP contribution is 2.43. The van der Waals surface area contributed by atoms with Crippen molar-refractivity contribution in [2.24, 2.45) is 5.73 Å².